The van der Waals surface area contributed by atoms with Crippen LogP contribution in [0.25, 0.3) is 11.0 Å². The largest absolute Gasteiger partial charge is 0.504 e. The number of phenols is 2. The van der Waals surface area contributed by atoms with Crippen LogP contribution in [0.5, 0.6) is 23.0 Å². The van der Waals surface area contributed by atoms with Crippen LogP contribution in [0.4, 0.5) is 0 Å². The highest BCUT2D eigenvalue weighted by molar-refractivity contribution is 6.12. The zero-order valence-electron chi connectivity index (χ0n) is 19.4. The lowest BCUT2D eigenvalue weighted by molar-refractivity contribution is 0.0556. The maximum Gasteiger partial charge on any atom is 0.174 e. The molecule has 7 heteroatoms. The molecule has 0 saturated carbocycles. The van der Waals surface area contributed by atoms with Crippen molar-refractivity contribution in [3.05, 3.63) is 58.4 Å². The molecule has 4 rings (SSSR count). The highest BCUT2D eigenvalue weighted by Gasteiger charge is 2.36. The van der Waals surface area contributed by atoms with E-state index in [1.54, 1.807) is 33.1 Å². The third-order valence-corrected chi connectivity index (χ3v) is 5.78. The topological polar surface area (TPSA) is 109 Å². The normalized spacial score (nSPS) is 15.8. The molecule has 1 aliphatic rings. The van der Waals surface area contributed by atoms with Gasteiger partial charge < -0.3 is 29.2 Å². The maximum atomic E-state index is 13.4. The van der Waals surface area contributed by atoms with Crippen molar-refractivity contribution in [1.29, 1.82) is 0 Å². The number of ether oxygens (including phenoxy) is 2. The van der Waals surface area contributed by atoms with Gasteiger partial charge in [0.15, 0.2) is 22.9 Å². The molecule has 1 atom stereocenters. The van der Waals surface area contributed by atoms with Gasteiger partial charge in [-0.1, -0.05) is 17.7 Å². The number of carbonyl (C=O) groups is 1. The molecule has 3 aromatic rings. The van der Waals surface area contributed by atoms with Gasteiger partial charge in [0.05, 0.1) is 18.9 Å². The second-order valence-corrected chi connectivity index (χ2v) is 9.10. The van der Waals surface area contributed by atoms with Crippen molar-refractivity contribution >= 4 is 16.8 Å². The second kappa shape index (κ2) is 8.15. The van der Waals surface area contributed by atoms with E-state index in [4.69, 9.17) is 13.9 Å². The van der Waals surface area contributed by atoms with E-state index in [-0.39, 0.29) is 23.7 Å². The van der Waals surface area contributed by atoms with Gasteiger partial charge in [0.1, 0.15) is 34.5 Å². The fourth-order valence-electron chi connectivity index (χ4n) is 4.06. The Morgan fingerprint density at radius 2 is 1.94 bits per heavy atom. The fraction of sp³-hybridized carbons (Fsp3) is 0.346. The smallest absolute Gasteiger partial charge is 0.174 e. The molecule has 2 aromatic carbocycles. The fourth-order valence-corrected chi connectivity index (χ4v) is 4.06. The summed E-state index contributed by atoms with van der Waals surface area (Å²) in [6.07, 6.45) is 1.85. The first-order chi connectivity index (χ1) is 15.5. The summed E-state index contributed by atoms with van der Waals surface area (Å²) < 4.78 is 18.1. The van der Waals surface area contributed by atoms with Crippen molar-refractivity contribution in [2.45, 2.75) is 52.2 Å². The number of phenolic OH excluding ortho intramolecular Hbond substituents is 2. The quantitative estimate of drug-likeness (QED) is 0.356. The molecule has 174 valence electrons. The van der Waals surface area contributed by atoms with Gasteiger partial charge in [0.2, 0.25) is 0 Å². The van der Waals surface area contributed by atoms with E-state index in [9.17, 15) is 20.1 Å². The van der Waals surface area contributed by atoms with Gasteiger partial charge in [-0.05, 0) is 57.9 Å². The molecule has 1 aromatic heterocycles. The molecular weight excluding hydrogens is 424 g/mol. The lowest BCUT2D eigenvalue weighted by Crippen LogP contribution is -2.22. The first-order valence-corrected chi connectivity index (χ1v) is 10.8. The monoisotopic (exact) mass is 452 g/mol. The van der Waals surface area contributed by atoms with Crippen LogP contribution in [-0.2, 0) is 12.0 Å². The number of benzene rings is 2. The number of hydrogen-bond acceptors (Lipinski definition) is 7. The van der Waals surface area contributed by atoms with E-state index in [1.807, 2.05) is 19.9 Å². The standard InChI is InChI=1S/C26H28O7/c1-13(2)6-8-15-23(31-5)16-11-21(26(3,4)30)33-25(16)22-19(29)12-20(32-24(15)22)14-7-9-17(27)18(28)10-14/h6-7,9-11,20,27-28,30H,8,12H2,1-5H3/t20-/m1/s1. The van der Waals surface area contributed by atoms with E-state index < -0.39 is 11.7 Å². The second-order valence-electron chi connectivity index (χ2n) is 9.10. The van der Waals surface area contributed by atoms with Crippen LogP contribution in [0.15, 0.2) is 40.3 Å². The Labute approximate surface area is 191 Å². The van der Waals surface area contributed by atoms with Crippen molar-refractivity contribution in [3.63, 3.8) is 0 Å². The van der Waals surface area contributed by atoms with Crippen molar-refractivity contribution in [1.82, 2.24) is 0 Å². The first kappa shape index (κ1) is 22.7. The minimum absolute atomic E-state index is 0.0271. The highest BCUT2D eigenvalue weighted by atomic mass is 16.5. The molecule has 7 nitrogen and oxygen atoms in total. The Morgan fingerprint density at radius 3 is 2.55 bits per heavy atom. The Morgan fingerprint density at radius 1 is 1.21 bits per heavy atom. The van der Waals surface area contributed by atoms with Crippen LogP contribution in [-0.4, -0.2) is 28.2 Å². The third-order valence-electron chi connectivity index (χ3n) is 5.78. The minimum atomic E-state index is -1.25. The summed E-state index contributed by atoms with van der Waals surface area (Å²) in [5, 5.41) is 30.7. The van der Waals surface area contributed by atoms with Crippen molar-refractivity contribution in [2.75, 3.05) is 7.11 Å². The highest BCUT2D eigenvalue weighted by Crippen LogP contribution is 2.49. The SMILES string of the molecule is COc1c(CC=C(C)C)c2c(c3oc(C(C)(C)O)cc13)C(=O)C[C@H](c1ccc(O)c(O)c1)O2. The van der Waals surface area contributed by atoms with Gasteiger partial charge in [0.25, 0.3) is 0 Å². The first-order valence-electron chi connectivity index (χ1n) is 10.8. The molecule has 33 heavy (non-hydrogen) atoms. The van der Waals surface area contributed by atoms with Gasteiger partial charge in [-0.2, -0.15) is 0 Å². The summed E-state index contributed by atoms with van der Waals surface area (Å²) in [7, 11) is 1.55. The van der Waals surface area contributed by atoms with Crippen LogP contribution in [0.3, 0.4) is 0 Å². The van der Waals surface area contributed by atoms with E-state index in [2.05, 4.69) is 0 Å². The number of aliphatic hydroxyl groups is 1. The molecule has 0 unspecified atom stereocenters. The zero-order valence-corrected chi connectivity index (χ0v) is 19.4. The van der Waals surface area contributed by atoms with Crippen molar-refractivity contribution < 1.29 is 34.0 Å². The zero-order chi connectivity index (χ0) is 24.1. The number of Topliss-reactive ketones (excluding diaryl/α,β-unsaturated/α-hetero) is 1. The maximum absolute atomic E-state index is 13.4. The van der Waals surface area contributed by atoms with E-state index in [1.165, 1.54) is 12.1 Å². The number of rotatable bonds is 5. The number of ketones is 1. The number of aromatic hydroxyl groups is 2. The van der Waals surface area contributed by atoms with Crippen LogP contribution in [0, 0.1) is 0 Å². The number of allylic oxidation sites excluding steroid dienone is 2. The number of methoxy groups -OCH3 is 1. The number of furan rings is 1. The summed E-state index contributed by atoms with van der Waals surface area (Å²) in [4.78, 5) is 13.4. The lowest BCUT2D eigenvalue weighted by atomic mass is 9.91. The van der Waals surface area contributed by atoms with E-state index >= 15 is 0 Å². The number of hydrogen-bond donors (Lipinski definition) is 3. The average molecular weight is 453 g/mol. The third kappa shape index (κ3) is 4.04. The number of fused-ring (bicyclic) bond motifs is 3. The van der Waals surface area contributed by atoms with Gasteiger partial charge in [-0.15, -0.1) is 0 Å². The molecule has 0 fully saturated rings. The van der Waals surface area contributed by atoms with E-state index in [0.29, 0.717) is 51.3 Å². The van der Waals surface area contributed by atoms with Crippen molar-refractivity contribution in [3.8, 4) is 23.0 Å². The van der Waals surface area contributed by atoms with Crippen molar-refractivity contribution in [2.24, 2.45) is 0 Å². The Bertz CT molecular complexity index is 1270. The Kier molecular flexibility index (Phi) is 5.62. The van der Waals surface area contributed by atoms with Crippen LogP contribution in [0.1, 0.15) is 67.5 Å². The summed E-state index contributed by atoms with van der Waals surface area (Å²) in [5.41, 5.74) is 1.74. The Hall–Kier alpha value is -3.45. The van der Waals surface area contributed by atoms with Crippen LogP contribution < -0.4 is 9.47 Å². The molecule has 0 radical (unpaired) electrons. The summed E-state index contributed by atoms with van der Waals surface area (Å²) >= 11 is 0. The van der Waals surface area contributed by atoms with Gasteiger partial charge in [-0.25, -0.2) is 0 Å². The Balaban J connectivity index is 1.97. The molecule has 3 N–H and O–H groups in total. The molecule has 0 saturated heterocycles. The number of carbonyl (C=O) groups excluding carboxylic acids is 1. The predicted molar refractivity (Wildman–Crippen MR) is 123 cm³/mol. The molecule has 0 bridgehead atoms. The molecular formula is C26H28O7. The molecule has 1 aliphatic heterocycles. The summed E-state index contributed by atoms with van der Waals surface area (Å²) in [6, 6.07) is 6.08. The van der Waals surface area contributed by atoms with Gasteiger partial charge >= 0.3 is 0 Å². The molecule has 0 amide bonds. The van der Waals surface area contributed by atoms with Gasteiger partial charge in [0, 0.05) is 5.56 Å². The summed E-state index contributed by atoms with van der Waals surface area (Å²) in [6.45, 7) is 7.18. The predicted octanol–water partition coefficient (Wildman–Crippen LogP) is 5.30. The minimum Gasteiger partial charge on any atom is -0.504 e. The average Bonchev–Trinajstić information content (AvgIpc) is 3.18. The van der Waals surface area contributed by atoms with E-state index in [0.717, 1.165) is 5.57 Å². The molecule has 0 spiro atoms. The molecule has 2 heterocycles. The molecule has 0 aliphatic carbocycles. The summed E-state index contributed by atoms with van der Waals surface area (Å²) in [5.74, 6) is 0.480. The van der Waals surface area contributed by atoms with Crippen LogP contribution >= 0.6 is 0 Å². The van der Waals surface area contributed by atoms with Crippen LogP contribution in [0.2, 0.25) is 0 Å². The van der Waals surface area contributed by atoms with Gasteiger partial charge in [-0.3, -0.25) is 4.79 Å². The lowest BCUT2D eigenvalue weighted by Gasteiger charge is -2.28.